The standard InChI is InChI=1S/C28H39NO6/c1-4-28(2,3)26(31)34-20-12-19-33-25(30)15-8-6-5-7-11-18-29-27(32)35-24-17-16-22-13-9-10-14-23(22)21-24/h9-10,13-14,16-17,21H,4-8,11-12,15,18-20H2,1-3H3,(H,29,32). The Bertz CT molecular complexity index is 955. The van der Waals surface area contributed by atoms with Crippen LogP contribution in [0.4, 0.5) is 4.79 Å². The molecule has 0 aliphatic heterocycles. The van der Waals surface area contributed by atoms with E-state index in [4.69, 9.17) is 14.2 Å². The fraction of sp³-hybridized carbons (Fsp3) is 0.536. The van der Waals surface area contributed by atoms with Gasteiger partial charge in [-0.2, -0.15) is 0 Å². The first kappa shape index (κ1) is 28.1. The fourth-order valence-electron chi connectivity index (χ4n) is 3.31. The Kier molecular flexibility index (Phi) is 12.1. The lowest BCUT2D eigenvalue weighted by molar-refractivity contribution is -0.154. The average molecular weight is 486 g/mol. The van der Waals surface area contributed by atoms with Crippen molar-refractivity contribution in [3.63, 3.8) is 0 Å². The van der Waals surface area contributed by atoms with Crippen molar-refractivity contribution in [1.82, 2.24) is 5.32 Å². The minimum Gasteiger partial charge on any atom is -0.466 e. The predicted octanol–water partition coefficient (Wildman–Crippen LogP) is 6.18. The summed E-state index contributed by atoms with van der Waals surface area (Å²) in [5.74, 6) is 0.0844. The fourth-order valence-corrected chi connectivity index (χ4v) is 3.31. The topological polar surface area (TPSA) is 90.9 Å². The van der Waals surface area contributed by atoms with Gasteiger partial charge in [0.25, 0.3) is 0 Å². The summed E-state index contributed by atoms with van der Waals surface area (Å²) in [6, 6.07) is 13.5. The van der Waals surface area contributed by atoms with Crippen molar-refractivity contribution in [1.29, 1.82) is 0 Å². The maximum absolute atomic E-state index is 12.0. The summed E-state index contributed by atoms with van der Waals surface area (Å²) in [7, 11) is 0. The Morgan fingerprint density at radius 1 is 0.829 bits per heavy atom. The molecule has 0 aliphatic rings. The number of amides is 1. The molecule has 35 heavy (non-hydrogen) atoms. The van der Waals surface area contributed by atoms with E-state index in [0.717, 1.165) is 49.3 Å². The van der Waals surface area contributed by atoms with Crippen molar-refractivity contribution in [3.8, 4) is 5.75 Å². The van der Waals surface area contributed by atoms with Gasteiger partial charge in [0.05, 0.1) is 18.6 Å². The van der Waals surface area contributed by atoms with Crippen LogP contribution in [0.5, 0.6) is 5.75 Å². The van der Waals surface area contributed by atoms with Crippen molar-refractivity contribution in [2.24, 2.45) is 5.41 Å². The van der Waals surface area contributed by atoms with E-state index in [1.165, 1.54) is 0 Å². The van der Waals surface area contributed by atoms with Gasteiger partial charge in [0, 0.05) is 19.4 Å². The van der Waals surface area contributed by atoms with Crippen LogP contribution in [0.1, 0.15) is 72.1 Å². The smallest absolute Gasteiger partial charge is 0.412 e. The van der Waals surface area contributed by atoms with E-state index >= 15 is 0 Å². The third-order valence-corrected chi connectivity index (χ3v) is 5.98. The maximum Gasteiger partial charge on any atom is 0.412 e. The molecular formula is C28H39NO6. The molecule has 0 spiro atoms. The molecule has 2 aromatic rings. The Balaban J connectivity index is 1.43. The van der Waals surface area contributed by atoms with Crippen molar-refractivity contribution in [2.45, 2.75) is 72.1 Å². The molecule has 0 fully saturated rings. The number of esters is 2. The number of benzene rings is 2. The summed E-state index contributed by atoms with van der Waals surface area (Å²) in [6.07, 6.45) is 5.67. The Morgan fingerprint density at radius 3 is 2.29 bits per heavy atom. The molecule has 0 atom stereocenters. The number of carbonyl (C=O) groups excluding carboxylic acids is 3. The number of fused-ring (bicyclic) bond motifs is 1. The summed E-state index contributed by atoms with van der Waals surface area (Å²) >= 11 is 0. The summed E-state index contributed by atoms with van der Waals surface area (Å²) in [5, 5.41) is 4.90. The van der Waals surface area contributed by atoms with E-state index in [1.54, 1.807) is 6.07 Å². The third kappa shape index (κ3) is 10.8. The molecule has 1 N–H and O–H groups in total. The van der Waals surface area contributed by atoms with Gasteiger partial charge in [0.2, 0.25) is 0 Å². The van der Waals surface area contributed by atoms with Crippen LogP contribution in [-0.2, 0) is 19.1 Å². The number of rotatable bonds is 15. The molecule has 0 aromatic heterocycles. The molecular weight excluding hydrogens is 446 g/mol. The van der Waals surface area contributed by atoms with Crippen LogP contribution < -0.4 is 10.1 Å². The van der Waals surface area contributed by atoms with E-state index in [0.29, 0.717) is 25.1 Å². The van der Waals surface area contributed by atoms with Crippen LogP contribution in [-0.4, -0.2) is 37.8 Å². The van der Waals surface area contributed by atoms with Gasteiger partial charge < -0.3 is 19.5 Å². The van der Waals surface area contributed by atoms with Crippen LogP contribution in [0.3, 0.4) is 0 Å². The number of nitrogens with one attached hydrogen (secondary N) is 1. The predicted molar refractivity (Wildman–Crippen MR) is 136 cm³/mol. The summed E-state index contributed by atoms with van der Waals surface area (Å²) < 4.78 is 15.8. The van der Waals surface area contributed by atoms with Crippen molar-refractivity contribution in [3.05, 3.63) is 42.5 Å². The Morgan fingerprint density at radius 2 is 1.51 bits per heavy atom. The molecule has 0 saturated carbocycles. The first-order valence-corrected chi connectivity index (χ1v) is 12.6. The largest absolute Gasteiger partial charge is 0.466 e. The third-order valence-electron chi connectivity index (χ3n) is 5.98. The van der Waals surface area contributed by atoms with Gasteiger partial charge in [-0.3, -0.25) is 9.59 Å². The molecule has 0 radical (unpaired) electrons. The highest BCUT2D eigenvalue weighted by molar-refractivity contribution is 5.84. The first-order chi connectivity index (χ1) is 16.8. The zero-order valence-corrected chi connectivity index (χ0v) is 21.3. The van der Waals surface area contributed by atoms with E-state index in [-0.39, 0.29) is 25.2 Å². The van der Waals surface area contributed by atoms with Gasteiger partial charge in [-0.25, -0.2) is 4.79 Å². The van der Waals surface area contributed by atoms with E-state index in [1.807, 2.05) is 57.2 Å². The second-order valence-corrected chi connectivity index (χ2v) is 9.29. The molecule has 0 bridgehead atoms. The summed E-state index contributed by atoms with van der Waals surface area (Å²) in [4.78, 5) is 35.6. The second-order valence-electron chi connectivity index (χ2n) is 9.29. The minimum atomic E-state index is -0.478. The van der Waals surface area contributed by atoms with Gasteiger partial charge in [-0.15, -0.1) is 0 Å². The zero-order chi connectivity index (χ0) is 25.5. The number of hydrogen-bond donors (Lipinski definition) is 1. The normalized spacial score (nSPS) is 11.2. The van der Waals surface area contributed by atoms with Gasteiger partial charge in [-0.05, 0) is 56.0 Å². The SMILES string of the molecule is CCC(C)(C)C(=O)OCCCOC(=O)CCCCCCCNC(=O)Oc1ccc2ccccc2c1. The van der Waals surface area contributed by atoms with Crippen LogP contribution in [0.15, 0.2) is 42.5 Å². The van der Waals surface area contributed by atoms with Gasteiger partial charge in [-0.1, -0.05) is 56.5 Å². The van der Waals surface area contributed by atoms with Crippen molar-refractivity contribution >= 4 is 28.8 Å². The minimum absolute atomic E-state index is 0.219. The number of ether oxygens (including phenoxy) is 3. The first-order valence-electron chi connectivity index (χ1n) is 12.6. The molecule has 0 aliphatic carbocycles. The van der Waals surface area contributed by atoms with Gasteiger partial charge >= 0.3 is 18.0 Å². The average Bonchev–Trinajstić information content (AvgIpc) is 2.85. The van der Waals surface area contributed by atoms with E-state index in [9.17, 15) is 14.4 Å². The van der Waals surface area contributed by atoms with Crippen molar-refractivity contribution < 1.29 is 28.6 Å². The van der Waals surface area contributed by atoms with Crippen LogP contribution in [0.2, 0.25) is 0 Å². The highest BCUT2D eigenvalue weighted by atomic mass is 16.6. The molecule has 7 nitrogen and oxygen atoms in total. The summed E-state index contributed by atoms with van der Waals surface area (Å²) in [6.45, 7) is 6.73. The Hall–Kier alpha value is -3.09. The van der Waals surface area contributed by atoms with Crippen LogP contribution >= 0.6 is 0 Å². The number of carbonyl (C=O) groups is 3. The van der Waals surface area contributed by atoms with Crippen LogP contribution in [0, 0.1) is 5.41 Å². The number of unbranched alkanes of at least 4 members (excludes halogenated alkanes) is 4. The second kappa shape index (κ2) is 15.0. The molecule has 2 rings (SSSR count). The highest BCUT2D eigenvalue weighted by Gasteiger charge is 2.26. The van der Waals surface area contributed by atoms with Crippen LogP contribution in [0.25, 0.3) is 10.8 Å². The van der Waals surface area contributed by atoms with Crippen molar-refractivity contribution in [2.75, 3.05) is 19.8 Å². The monoisotopic (exact) mass is 485 g/mol. The lowest BCUT2D eigenvalue weighted by atomic mass is 9.91. The molecule has 0 heterocycles. The lowest BCUT2D eigenvalue weighted by Gasteiger charge is -2.20. The molecule has 2 aromatic carbocycles. The molecule has 0 unspecified atom stereocenters. The quantitative estimate of drug-likeness (QED) is 0.239. The van der Waals surface area contributed by atoms with Gasteiger partial charge in [0.15, 0.2) is 0 Å². The lowest BCUT2D eigenvalue weighted by Crippen LogP contribution is -2.27. The number of hydrogen-bond acceptors (Lipinski definition) is 6. The van der Waals surface area contributed by atoms with E-state index in [2.05, 4.69) is 5.32 Å². The van der Waals surface area contributed by atoms with E-state index < -0.39 is 11.5 Å². The molecule has 1 amide bonds. The molecule has 192 valence electrons. The Labute approximate surface area is 208 Å². The molecule has 7 heteroatoms. The maximum atomic E-state index is 12.0. The van der Waals surface area contributed by atoms with Gasteiger partial charge in [0.1, 0.15) is 5.75 Å². The molecule has 0 saturated heterocycles. The zero-order valence-electron chi connectivity index (χ0n) is 21.3. The summed E-state index contributed by atoms with van der Waals surface area (Å²) in [5.41, 5.74) is -0.478. The highest BCUT2D eigenvalue weighted by Crippen LogP contribution is 2.22.